The van der Waals surface area contributed by atoms with Gasteiger partial charge in [-0.2, -0.15) is 13.2 Å². The molecular formula is C15H10F3NO4. The maximum absolute atomic E-state index is 13.1. The fourth-order valence-corrected chi connectivity index (χ4v) is 2.12. The van der Waals surface area contributed by atoms with E-state index < -0.39 is 28.3 Å². The predicted molar refractivity (Wildman–Crippen MR) is 74.9 cm³/mol. The highest BCUT2D eigenvalue weighted by Crippen LogP contribution is 2.40. The number of ether oxygens (including phenoxy) is 1. The highest BCUT2D eigenvalue weighted by Gasteiger charge is 2.35. The van der Waals surface area contributed by atoms with Crippen molar-refractivity contribution in [2.75, 3.05) is 7.11 Å². The van der Waals surface area contributed by atoms with Crippen molar-refractivity contribution < 1.29 is 27.6 Å². The molecule has 0 bridgehead atoms. The van der Waals surface area contributed by atoms with E-state index in [2.05, 4.69) is 4.74 Å². The quantitative estimate of drug-likeness (QED) is 0.484. The Morgan fingerprint density at radius 2 is 1.78 bits per heavy atom. The van der Waals surface area contributed by atoms with Gasteiger partial charge in [0.25, 0.3) is 5.69 Å². The van der Waals surface area contributed by atoms with Crippen molar-refractivity contribution in [2.24, 2.45) is 0 Å². The van der Waals surface area contributed by atoms with Crippen LogP contribution in [0.4, 0.5) is 18.9 Å². The molecule has 2 aromatic carbocycles. The molecule has 0 unspecified atom stereocenters. The number of halogens is 3. The van der Waals surface area contributed by atoms with Gasteiger partial charge in [-0.3, -0.25) is 10.1 Å². The number of alkyl halides is 3. The van der Waals surface area contributed by atoms with Crippen LogP contribution in [0, 0.1) is 10.1 Å². The van der Waals surface area contributed by atoms with E-state index in [-0.39, 0.29) is 16.7 Å². The summed E-state index contributed by atoms with van der Waals surface area (Å²) in [6.45, 7) is 0. The van der Waals surface area contributed by atoms with Gasteiger partial charge in [-0.05, 0) is 18.2 Å². The number of nitrogens with zero attached hydrogens (tertiary/aromatic N) is 1. The van der Waals surface area contributed by atoms with Crippen LogP contribution in [-0.2, 0) is 10.9 Å². The molecule has 0 aliphatic rings. The SMILES string of the molecule is COC(=O)c1ccc([N+](=O)[O-])c(-c2ccccc2C(F)(F)F)c1. The first-order valence-corrected chi connectivity index (χ1v) is 6.29. The molecule has 0 saturated heterocycles. The summed E-state index contributed by atoms with van der Waals surface area (Å²) < 4.78 is 43.9. The summed E-state index contributed by atoms with van der Waals surface area (Å²) in [6, 6.07) is 7.59. The number of esters is 1. The first kappa shape index (κ1) is 16.5. The zero-order chi connectivity index (χ0) is 17.2. The van der Waals surface area contributed by atoms with E-state index in [0.717, 1.165) is 37.4 Å². The maximum Gasteiger partial charge on any atom is 0.417 e. The minimum atomic E-state index is -4.69. The molecule has 0 aliphatic heterocycles. The van der Waals surface area contributed by atoms with Gasteiger partial charge in [0.1, 0.15) is 0 Å². The lowest BCUT2D eigenvalue weighted by molar-refractivity contribution is -0.384. The number of hydrogen-bond donors (Lipinski definition) is 0. The van der Waals surface area contributed by atoms with E-state index in [1.165, 1.54) is 12.1 Å². The fourth-order valence-electron chi connectivity index (χ4n) is 2.12. The second-order valence-electron chi connectivity index (χ2n) is 4.52. The zero-order valence-corrected chi connectivity index (χ0v) is 11.8. The third kappa shape index (κ3) is 3.31. The van der Waals surface area contributed by atoms with Crippen LogP contribution in [0.25, 0.3) is 11.1 Å². The Kier molecular flexibility index (Phi) is 4.35. The Morgan fingerprint density at radius 1 is 1.13 bits per heavy atom. The predicted octanol–water partition coefficient (Wildman–Crippen LogP) is 4.07. The second kappa shape index (κ2) is 6.07. The molecular weight excluding hydrogens is 315 g/mol. The molecule has 0 fully saturated rings. The zero-order valence-electron chi connectivity index (χ0n) is 11.8. The van der Waals surface area contributed by atoms with E-state index in [0.29, 0.717) is 0 Å². The first-order chi connectivity index (χ1) is 10.8. The van der Waals surface area contributed by atoms with Crippen LogP contribution >= 0.6 is 0 Å². The molecule has 0 aliphatic carbocycles. The minimum Gasteiger partial charge on any atom is -0.465 e. The smallest absolute Gasteiger partial charge is 0.417 e. The number of nitro benzene ring substituents is 1. The lowest BCUT2D eigenvalue weighted by atomic mass is 9.96. The topological polar surface area (TPSA) is 69.4 Å². The fraction of sp³-hybridized carbons (Fsp3) is 0.133. The van der Waals surface area contributed by atoms with Crippen LogP contribution in [-0.4, -0.2) is 18.0 Å². The number of nitro groups is 1. The Hall–Kier alpha value is -2.90. The average molecular weight is 325 g/mol. The summed E-state index contributed by atoms with van der Waals surface area (Å²) in [5, 5.41) is 11.1. The molecule has 0 aromatic heterocycles. The number of hydrogen-bond acceptors (Lipinski definition) is 4. The third-order valence-electron chi connectivity index (χ3n) is 3.14. The van der Waals surface area contributed by atoms with Crippen LogP contribution in [0.1, 0.15) is 15.9 Å². The van der Waals surface area contributed by atoms with Crippen LogP contribution in [0.5, 0.6) is 0 Å². The van der Waals surface area contributed by atoms with Gasteiger partial charge in [0.05, 0.1) is 28.7 Å². The standard InChI is InChI=1S/C15H10F3NO4/c1-23-14(20)9-6-7-13(19(21)22)11(8-9)10-4-2-3-5-12(10)15(16,17)18/h2-8H,1H3. The summed E-state index contributed by atoms with van der Waals surface area (Å²) in [4.78, 5) is 21.9. The van der Waals surface area contributed by atoms with Gasteiger partial charge in [0.15, 0.2) is 0 Å². The normalized spacial score (nSPS) is 11.1. The molecule has 0 heterocycles. The largest absolute Gasteiger partial charge is 0.465 e. The minimum absolute atomic E-state index is 0.0786. The van der Waals surface area contributed by atoms with Gasteiger partial charge < -0.3 is 4.74 Å². The Bertz CT molecular complexity index is 772. The lowest BCUT2D eigenvalue weighted by Gasteiger charge is -2.13. The van der Waals surface area contributed by atoms with Crippen molar-refractivity contribution in [3.63, 3.8) is 0 Å². The number of carbonyl (C=O) groups is 1. The number of carbonyl (C=O) groups excluding carboxylic acids is 1. The van der Waals surface area contributed by atoms with Crippen molar-refractivity contribution in [3.8, 4) is 11.1 Å². The van der Waals surface area contributed by atoms with Crippen molar-refractivity contribution in [3.05, 3.63) is 63.7 Å². The van der Waals surface area contributed by atoms with Gasteiger partial charge in [-0.25, -0.2) is 4.79 Å². The number of benzene rings is 2. The highest BCUT2D eigenvalue weighted by atomic mass is 19.4. The summed E-state index contributed by atoms with van der Waals surface area (Å²) in [6.07, 6.45) is -4.69. The molecule has 2 rings (SSSR count). The van der Waals surface area contributed by atoms with Gasteiger partial charge in [0, 0.05) is 11.6 Å². The number of methoxy groups -OCH3 is 1. The molecule has 0 radical (unpaired) electrons. The van der Waals surface area contributed by atoms with Crippen molar-refractivity contribution in [1.82, 2.24) is 0 Å². The monoisotopic (exact) mass is 325 g/mol. The average Bonchev–Trinajstić information content (AvgIpc) is 2.52. The molecule has 0 amide bonds. The summed E-state index contributed by atoms with van der Waals surface area (Å²) in [7, 11) is 1.10. The van der Waals surface area contributed by atoms with Crippen LogP contribution < -0.4 is 0 Å². The van der Waals surface area contributed by atoms with Crippen molar-refractivity contribution in [1.29, 1.82) is 0 Å². The molecule has 0 spiro atoms. The summed E-state index contributed by atoms with van der Waals surface area (Å²) in [5.74, 6) is -0.800. The van der Waals surface area contributed by atoms with E-state index in [1.807, 2.05) is 0 Å². The molecule has 120 valence electrons. The van der Waals surface area contributed by atoms with E-state index in [4.69, 9.17) is 0 Å². The van der Waals surface area contributed by atoms with Gasteiger partial charge >= 0.3 is 12.1 Å². The highest BCUT2D eigenvalue weighted by molar-refractivity contribution is 5.92. The summed E-state index contributed by atoms with van der Waals surface area (Å²) >= 11 is 0. The molecule has 0 saturated carbocycles. The Balaban J connectivity index is 2.76. The van der Waals surface area contributed by atoms with E-state index in [9.17, 15) is 28.1 Å². The molecule has 8 heteroatoms. The van der Waals surface area contributed by atoms with Crippen LogP contribution in [0.15, 0.2) is 42.5 Å². The van der Waals surface area contributed by atoms with Crippen molar-refractivity contribution >= 4 is 11.7 Å². The summed E-state index contributed by atoms with van der Waals surface area (Å²) in [5.41, 5.74) is -2.31. The first-order valence-electron chi connectivity index (χ1n) is 6.29. The Labute approximate surface area is 128 Å². The van der Waals surface area contributed by atoms with Crippen LogP contribution in [0.3, 0.4) is 0 Å². The lowest BCUT2D eigenvalue weighted by Crippen LogP contribution is -2.08. The molecule has 5 nitrogen and oxygen atoms in total. The molecule has 0 atom stereocenters. The van der Waals surface area contributed by atoms with Gasteiger partial charge in [0.2, 0.25) is 0 Å². The van der Waals surface area contributed by atoms with E-state index in [1.54, 1.807) is 0 Å². The Morgan fingerprint density at radius 3 is 2.35 bits per heavy atom. The van der Waals surface area contributed by atoms with E-state index >= 15 is 0 Å². The molecule has 23 heavy (non-hydrogen) atoms. The van der Waals surface area contributed by atoms with Gasteiger partial charge in [-0.1, -0.05) is 18.2 Å². The van der Waals surface area contributed by atoms with Gasteiger partial charge in [-0.15, -0.1) is 0 Å². The maximum atomic E-state index is 13.1. The molecule has 0 N–H and O–H groups in total. The van der Waals surface area contributed by atoms with Crippen molar-refractivity contribution in [2.45, 2.75) is 6.18 Å². The third-order valence-corrected chi connectivity index (χ3v) is 3.14. The second-order valence-corrected chi connectivity index (χ2v) is 4.52. The van der Waals surface area contributed by atoms with Crippen LogP contribution in [0.2, 0.25) is 0 Å². The number of rotatable bonds is 3. The molecule has 2 aromatic rings.